The summed E-state index contributed by atoms with van der Waals surface area (Å²) in [5, 5.41) is 13.3. The summed E-state index contributed by atoms with van der Waals surface area (Å²) in [4.78, 5) is 10.8. The van der Waals surface area contributed by atoms with Crippen LogP contribution >= 0.6 is 0 Å². The molecule has 0 bridgehead atoms. The Hall–Kier alpha value is -1.51. The van der Waals surface area contributed by atoms with E-state index >= 15 is 0 Å². The molecule has 8 heteroatoms. The third kappa shape index (κ3) is 4.27. The Balaban J connectivity index is 2.32. The van der Waals surface area contributed by atoms with E-state index < -0.39 is 17.0 Å². The van der Waals surface area contributed by atoms with Crippen molar-refractivity contribution in [2.24, 2.45) is 5.92 Å². The van der Waals surface area contributed by atoms with Gasteiger partial charge in [-0.1, -0.05) is 6.07 Å². The van der Waals surface area contributed by atoms with Gasteiger partial charge in [-0.05, 0) is 56.9 Å². The summed E-state index contributed by atoms with van der Waals surface area (Å²) in [7, 11) is 1.43. The van der Waals surface area contributed by atoms with Crippen molar-refractivity contribution >= 4 is 23.1 Å². The first-order chi connectivity index (χ1) is 11.1. The number of hydrogen-bond donors (Lipinski definition) is 3. The zero-order chi connectivity index (χ0) is 16.8. The minimum absolute atomic E-state index is 0.203. The SMILES string of the molecule is CNS(=O)N(CC=O)c1c(O)ccc(CC2CCCNC2)c1F. The quantitative estimate of drug-likeness (QED) is 0.642. The highest BCUT2D eigenvalue weighted by Crippen LogP contribution is 2.34. The molecule has 0 radical (unpaired) electrons. The first kappa shape index (κ1) is 17.8. The summed E-state index contributed by atoms with van der Waals surface area (Å²) in [5.74, 6) is -0.635. The molecular weight excluding hydrogens is 321 g/mol. The number of aromatic hydroxyl groups is 1. The number of nitrogens with zero attached hydrogens (tertiary/aromatic N) is 1. The Morgan fingerprint density at radius 2 is 2.35 bits per heavy atom. The van der Waals surface area contributed by atoms with Crippen molar-refractivity contribution in [3.05, 3.63) is 23.5 Å². The van der Waals surface area contributed by atoms with Gasteiger partial charge in [-0.25, -0.2) is 13.3 Å². The van der Waals surface area contributed by atoms with Crippen molar-refractivity contribution in [2.75, 3.05) is 31.0 Å². The van der Waals surface area contributed by atoms with Gasteiger partial charge < -0.3 is 15.2 Å². The molecule has 1 heterocycles. The van der Waals surface area contributed by atoms with E-state index in [1.807, 2.05) is 0 Å². The highest BCUT2D eigenvalue weighted by molar-refractivity contribution is 7.84. The second kappa shape index (κ2) is 8.37. The molecule has 1 fully saturated rings. The Morgan fingerprint density at radius 3 is 2.96 bits per heavy atom. The van der Waals surface area contributed by atoms with E-state index in [-0.39, 0.29) is 18.0 Å². The van der Waals surface area contributed by atoms with Gasteiger partial charge in [-0.2, -0.15) is 0 Å². The standard InChI is InChI=1S/C15H22FN3O3S/c1-17-23(22)19(7-8-20)15-13(21)5-4-12(14(15)16)9-11-3-2-6-18-10-11/h4-5,8,11,17-18,21H,2-3,6-7,9-10H2,1H3. The fourth-order valence-electron chi connectivity index (χ4n) is 2.82. The topological polar surface area (TPSA) is 81.7 Å². The van der Waals surface area contributed by atoms with Crippen molar-refractivity contribution in [3.63, 3.8) is 0 Å². The minimum atomic E-state index is -1.81. The number of anilines is 1. The molecule has 3 N–H and O–H groups in total. The van der Waals surface area contributed by atoms with E-state index in [2.05, 4.69) is 10.0 Å². The molecule has 6 nitrogen and oxygen atoms in total. The molecule has 2 rings (SSSR count). The first-order valence-electron chi connectivity index (χ1n) is 7.60. The number of nitrogens with one attached hydrogen (secondary N) is 2. The summed E-state index contributed by atoms with van der Waals surface area (Å²) < 4.78 is 30.3. The number of halogens is 1. The summed E-state index contributed by atoms with van der Waals surface area (Å²) in [6.45, 7) is 1.52. The van der Waals surface area contributed by atoms with Crippen LogP contribution < -0.4 is 14.3 Å². The monoisotopic (exact) mass is 343 g/mol. The molecule has 0 aliphatic carbocycles. The lowest BCUT2D eigenvalue weighted by molar-refractivity contribution is -0.106. The number of piperidine rings is 1. The number of rotatable bonds is 7. The van der Waals surface area contributed by atoms with Crippen LogP contribution in [0.3, 0.4) is 0 Å². The lowest BCUT2D eigenvalue weighted by atomic mass is 9.92. The van der Waals surface area contributed by atoms with Gasteiger partial charge in [-0.15, -0.1) is 0 Å². The van der Waals surface area contributed by atoms with Crippen LogP contribution in [0.4, 0.5) is 10.1 Å². The predicted molar refractivity (Wildman–Crippen MR) is 88.0 cm³/mol. The Bertz CT molecular complexity index is 579. The number of aldehydes is 1. The predicted octanol–water partition coefficient (Wildman–Crippen LogP) is 0.877. The second-order valence-electron chi connectivity index (χ2n) is 5.50. The maximum Gasteiger partial charge on any atom is 0.196 e. The Labute approximate surface area is 137 Å². The molecule has 1 aromatic rings. The first-order valence-corrected chi connectivity index (χ1v) is 8.70. The van der Waals surface area contributed by atoms with Gasteiger partial charge >= 0.3 is 0 Å². The molecule has 128 valence electrons. The van der Waals surface area contributed by atoms with Crippen LogP contribution in [0.1, 0.15) is 18.4 Å². The van der Waals surface area contributed by atoms with E-state index in [4.69, 9.17) is 0 Å². The molecule has 0 saturated carbocycles. The lowest BCUT2D eigenvalue weighted by Crippen LogP contribution is -2.35. The van der Waals surface area contributed by atoms with Crippen LogP contribution in [-0.2, 0) is 22.4 Å². The van der Waals surface area contributed by atoms with Crippen molar-refractivity contribution in [1.82, 2.24) is 10.0 Å². The number of hydrogen-bond acceptors (Lipinski definition) is 4. The number of phenols is 1. The molecule has 2 atom stereocenters. The number of carbonyl (C=O) groups excluding carboxylic acids is 1. The molecule has 1 aliphatic rings. The van der Waals surface area contributed by atoms with Gasteiger partial charge in [0.1, 0.15) is 17.7 Å². The number of phenolic OH excluding ortho intramolecular Hbond substituents is 1. The largest absolute Gasteiger partial charge is 0.506 e. The summed E-state index contributed by atoms with van der Waals surface area (Å²) in [6, 6.07) is 2.93. The minimum Gasteiger partial charge on any atom is -0.506 e. The van der Waals surface area contributed by atoms with Crippen LogP contribution in [-0.4, -0.2) is 42.3 Å². The second-order valence-corrected chi connectivity index (χ2v) is 6.85. The van der Waals surface area contributed by atoms with Gasteiger partial charge in [0.05, 0.1) is 6.54 Å². The van der Waals surface area contributed by atoms with E-state index in [1.54, 1.807) is 6.07 Å². The zero-order valence-corrected chi connectivity index (χ0v) is 13.9. The van der Waals surface area contributed by atoms with Gasteiger partial charge in [0.2, 0.25) is 0 Å². The molecule has 2 unspecified atom stereocenters. The van der Waals surface area contributed by atoms with Crippen LogP contribution in [0.25, 0.3) is 0 Å². The van der Waals surface area contributed by atoms with E-state index in [9.17, 15) is 18.5 Å². The van der Waals surface area contributed by atoms with Gasteiger partial charge in [-0.3, -0.25) is 4.31 Å². The summed E-state index contributed by atoms with van der Waals surface area (Å²) >= 11 is -1.81. The lowest BCUT2D eigenvalue weighted by Gasteiger charge is -2.25. The van der Waals surface area contributed by atoms with Crippen molar-refractivity contribution in [2.45, 2.75) is 19.3 Å². The fourth-order valence-corrected chi connectivity index (χ4v) is 3.58. The van der Waals surface area contributed by atoms with E-state index in [0.717, 1.165) is 30.2 Å². The van der Waals surface area contributed by atoms with E-state index in [0.29, 0.717) is 24.2 Å². The van der Waals surface area contributed by atoms with Crippen LogP contribution in [0, 0.1) is 11.7 Å². The molecule has 0 aromatic heterocycles. The molecule has 1 aromatic carbocycles. The molecule has 0 amide bonds. The average molecular weight is 343 g/mol. The molecule has 1 saturated heterocycles. The molecular formula is C15H22FN3O3S. The Morgan fingerprint density at radius 1 is 1.57 bits per heavy atom. The number of carbonyl (C=O) groups is 1. The van der Waals surface area contributed by atoms with Crippen LogP contribution in [0.2, 0.25) is 0 Å². The summed E-state index contributed by atoms with van der Waals surface area (Å²) in [5.41, 5.74) is 0.251. The highest BCUT2D eigenvalue weighted by atomic mass is 32.2. The maximum atomic E-state index is 14.9. The molecule has 0 spiro atoms. The molecule has 1 aliphatic heterocycles. The van der Waals surface area contributed by atoms with Crippen LogP contribution in [0.5, 0.6) is 5.75 Å². The third-order valence-corrected chi connectivity index (χ3v) is 5.03. The van der Waals surface area contributed by atoms with E-state index in [1.165, 1.54) is 13.1 Å². The van der Waals surface area contributed by atoms with Gasteiger partial charge in [0.25, 0.3) is 0 Å². The number of benzene rings is 1. The maximum absolute atomic E-state index is 14.9. The average Bonchev–Trinajstić information content (AvgIpc) is 2.57. The molecule has 23 heavy (non-hydrogen) atoms. The third-order valence-electron chi connectivity index (χ3n) is 3.95. The van der Waals surface area contributed by atoms with Crippen molar-refractivity contribution in [3.8, 4) is 5.75 Å². The fraction of sp³-hybridized carbons (Fsp3) is 0.533. The van der Waals surface area contributed by atoms with Gasteiger partial charge in [0, 0.05) is 0 Å². The summed E-state index contributed by atoms with van der Waals surface area (Å²) in [6.07, 6.45) is 3.13. The smallest absolute Gasteiger partial charge is 0.196 e. The van der Waals surface area contributed by atoms with Crippen molar-refractivity contribution in [1.29, 1.82) is 0 Å². The highest BCUT2D eigenvalue weighted by Gasteiger charge is 2.24. The van der Waals surface area contributed by atoms with Crippen LogP contribution in [0.15, 0.2) is 12.1 Å². The van der Waals surface area contributed by atoms with Gasteiger partial charge in [0.15, 0.2) is 17.0 Å². The Kier molecular flexibility index (Phi) is 6.49. The normalized spacial score (nSPS) is 19.3. The zero-order valence-electron chi connectivity index (χ0n) is 13.0. The van der Waals surface area contributed by atoms with Crippen molar-refractivity contribution < 1.29 is 18.5 Å².